The molecule has 5 nitrogen and oxygen atoms in total. The number of nitrogens with one attached hydrogen (secondary N) is 1. The van der Waals surface area contributed by atoms with Gasteiger partial charge in [-0.15, -0.1) is 0 Å². The Morgan fingerprint density at radius 2 is 1.85 bits per heavy atom. The molecule has 5 heteroatoms. The summed E-state index contributed by atoms with van der Waals surface area (Å²) >= 11 is 0. The van der Waals surface area contributed by atoms with Gasteiger partial charge in [-0.1, -0.05) is 38.1 Å². The number of benzene rings is 2. The van der Waals surface area contributed by atoms with Gasteiger partial charge in [0.1, 0.15) is 5.58 Å². The Morgan fingerprint density at radius 1 is 1.11 bits per heavy atom. The third kappa shape index (κ3) is 4.76. The molecule has 3 aromatic rings. The number of hydrogen-bond acceptors (Lipinski definition) is 4. The van der Waals surface area contributed by atoms with E-state index in [1.165, 1.54) is 5.56 Å². The molecule has 0 unspecified atom stereocenters. The van der Waals surface area contributed by atoms with Crippen LogP contribution in [0.15, 0.2) is 53.1 Å². The molecule has 0 spiro atoms. The van der Waals surface area contributed by atoms with Gasteiger partial charge in [0.2, 0.25) is 0 Å². The van der Waals surface area contributed by atoms with Crippen LogP contribution in [-0.4, -0.2) is 18.5 Å². The van der Waals surface area contributed by atoms with Gasteiger partial charge in [-0.2, -0.15) is 0 Å². The van der Waals surface area contributed by atoms with Crippen LogP contribution in [0.4, 0.5) is 5.69 Å². The van der Waals surface area contributed by atoms with E-state index in [9.17, 15) is 9.59 Å². The molecule has 2 aromatic carbocycles. The highest BCUT2D eigenvalue weighted by atomic mass is 16.5. The predicted octanol–water partition coefficient (Wildman–Crippen LogP) is 4.59. The third-order valence-electron chi connectivity index (χ3n) is 4.37. The topological polar surface area (TPSA) is 68.5 Å². The minimum absolute atomic E-state index is 0.0619. The maximum atomic E-state index is 12.1. The van der Waals surface area contributed by atoms with Crippen LogP contribution in [-0.2, 0) is 20.7 Å². The summed E-state index contributed by atoms with van der Waals surface area (Å²) in [4.78, 5) is 24.0. The van der Waals surface area contributed by atoms with Crippen molar-refractivity contribution < 1.29 is 18.7 Å². The summed E-state index contributed by atoms with van der Waals surface area (Å²) in [6.07, 6.45) is 1.62. The highest BCUT2D eigenvalue weighted by molar-refractivity contribution is 5.93. The number of fused-ring (bicyclic) bond motifs is 1. The molecule has 0 aliphatic carbocycles. The average Bonchev–Trinajstić information content (AvgIpc) is 3.02. The highest BCUT2D eigenvalue weighted by Gasteiger charge is 2.13. The van der Waals surface area contributed by atoms with E-state index in [4.69, 9.17) is 9.15 Å². The SMILES string of the molecule is Cc1ccc2c(CC(=O)OCC(=O)Nc3ccc(C(C)C)cc3)coc2c1. The molecule has 0 aliphatic rings. The molecule has 1 N–H and O–H groups in total. The monoisotopic (exact) mass is 365 g/mol. The molecule has 140 valence electrons. The molecule has 0 saturated heterocycles. The number of hydrogen-bond donors (Lipinski definition) is 1. The third-order valence-corrected chi connectivity index (χ3v) is 4.37. The van der Waals surface area contributed by atoms with E-state index >= 15 is 0 Å². The van der Waals surface area contributed by atoms with Crippen molar-refractivity contribution in [2.45, 2.75) is 33.1 Å². The predicted molar refractivity (Wildman–Crippen MR) is 105 cm³/mol. The lowest BCUT2D eigenvalue weighted by atomic mass is 10.0. The molecule has 27 heavy (non-hydrogen) atoms. The zero-order chi connectivity index (χ0) is 19.4. The van der Waals surface area contributed by atoms with E-state index in [2.05, 4.69) is 19.2 Å². The molecule has 1 aromatic heterocycles. The summed E-state index contributed by atoms with van der Waals surface area (Å²) in [7, 11) is 0. The number of rotatable bonds is 6. The van der Waals surface area contributed by atoms with E-state index < -0.39 is 5.97 Å². The number of anilines is 1. The molecule has 0 atom stereocenters. The van der Waals surface area contributed by atoms with Gasteiger partial charge < -0.3 is 14.5 Å². The number of amides is 1. The van der Waals surface area contributed by atoms with E-state index in [0.717, 1.165) is 22.1 Å². The molecule has 0 saturated carbocycles. The highest BCUT2D eigenvalue weighted by Crippen LogP contribution is 2.23. The lowest BCUT2D eigenvalue weighted by molar-refractivity contribution is -0.146. The largest absolute Gasteiger partial charge is 0.464 e. The minimum atomic E-state index is -0.469. The van der Waals surface area contributed by atoms with Crippen LogP contribution >= 0.6 is 0 Å². The number of aryl methyl sites for hydroxylation is 1. The second-order valence-corrected chi connectivity index (χ2v) is 6.92. The fourth-order valence-corrected chi connectivity index (χ4v) is 2.83. The Morgan fingerprint density at radius 3 is 2.56 bits per heavy atom. The molecular weight excluding hydrogens is 342 g/mol. The minimum Gasteiger partial charge on any atom is -0.464 e. The average molecular weight is 365 g/mol. The number of esters is 1. The van der Waals surface area contributed by atoms with Crippen molar-refractivity contribution in [3.05, 3.63) is 65.4 Å². The maximum Gasteiger partial charge on any atom is 0.310 e. The van der Waals surface area contributed by atoms with Crippen LogP contribution in [0.1, 0.15) is 36.5 Å². The van der Waals surface area contributed by atoms with Crippen molar-refractivity contribution >= 4 is 28.5 Å². The standard InChI is InChI=1S/C22H23NO4/c1-14(2)16-5-7-18(8-6-16)23-21(24)13-27-22(25)11-17-12-26-20-10-15(3)4-9-19(17)20/h4-10,12,14H,11,13H2,1-3H3,(H,23,24). The smallest absolute Gasteiger partial charge is 0.310 e. The fourth-order valence-electron chi connectivity index (χ4n) is 2.83. The zero-order valence-corrected chi connectivity index (χ0v) is 15.7. The Bertz CT molecular complexity index is 954. The molecular formula is C22H23NO4. The van der Waals surface area contributed by atoms with Gasteiger partial charge in [-0.25, -0.2) is 0 Å². The van der Waals surface area contributed by atoms with Crippen LogP contribution < -0.4 is 5.32 Å². The van der Waals surface area contributed by atoms with Gasteiger partial charge in [0.15, 0.2) is 6.61 Å². The van der Waals surface area contributed by atoms with Gasteiger partial charge in [-0.05, 0) is 42.2 Å². The van der Waals surface area contributed by atoms with Gasteiger partial charge in [0.05, 0.1) is 12.7 Å². The fraction of sp³-hybridized carbons (Fsp3) is 0.273. The Balaban J connectivity index is 1.51. The molecule has 1 amide bonds. The number of furan rings is 1. The summed E-state index contributed by atoms with van der Waals surface area (Å²) in [5, 5.41) is 3.61. The normalized spacial score (nSPS) is 11.0. The summed E-state index contributed by atoms with van der Waals surface area (Å²) in [5.41, 5.74) is 4.45. The number of carbonyl (C=O) groups excluding carboxylic acids is 2. The molecule has 1 heterocycles. The van der Waals surface area contributed by atoms with Gasteiger partial charge in [0.25, 0.3) is 5.91 Å². The number of ether oxygens (including phenoxy) is 1. The number of carbonyl (C=O) groups is 2. The van der Waals surface area contributed by atoms with Gasteiger partial charge in [0, 0.05) is 16.6 Å². The van der Waals surface area contributed by atoms with Crippen molar-refractivity contribution in [2.75, 3.05) is 11.9 Å². The Hall–Kier alpha value is -3.08. The van der Waals surface area contributed by atoms with E-state index in [0.29, 0.717) is 11.6 Å². The summed E-state index contributed by atoms with van der Waals surface area (Å²) < 4.78 is 10.6. The zero-order valence-electron chi connectivity index (χ0n) is 15.7. The van der Waals surface area contributed by atoms with Gasteiger partial charge in [-0.3, -0.25) is 9.59 Å². The summed E-state index contributed by atoms with van der Waals surface area (Å²) in [6.45, 7) is 5.87. The lowest BCUT2D eigenvalue weighted by Gasteiger charge is -2.09. The molecule has 3 rings (SSSR count). The molecule has 0 bridgehead atoms. The van der Waals surface area contributed by atoms with Crippen molar-refractivity contribution in [1.29, 1.82) is 0 Å². The van der Waals surface area contributed by atoms with Crippen LogP contribution in [0.25, 0.3) is 11.0 Å². The Labute approximate surface area is 158 Å². The summed E-state index contributed by atoms with van der Waals surface area (Å²) in [5.74, 6) is -0.407. The second kappa shape index (κ2) is 8.08. The quantitative estimate of drug-likeness (QED) is 0.649. The first-order valence-corrected chi connectivity index (χ1v) is 8.94. The molecule has 0 radical (unpaired) electrons. The van der Waals surface area contributed by atoms with Gasteiger partial charge >= 0.3 is 5.97 Å². The van der Waals surface area contributed by atoms with Crippen molar-refractivity contribution in [2.24, 2.45) is 0 Å². The molecule has 0 aliphatic heterocycles. The van der Waals surface area contributed by atoms with Crippen LogP contribution in [0.2, 0.25) is 0 Å². The first-order valence-electron chi connectivity index (χ1n) is 8.94. The first kappa shape index (κ1) is 18.7. The van der Waals surface area contributed by atoms with Crippen molar-refractivity contribution in [3.8, 4) is 0 Å². The van der Waals surface area contributed by atoms with Crippen LogP contribution in [0.3, 0.4) is 0 Å². The second-order valence-electron chi connectivity index (χ2n) is 6.92. The maximum absolute atomic E-state index is 12.1. The Kier molecular flexibility index (Phi) is 5.60. The van der Waals surface area contributed by atoms with Crippen LogP contribution in [0, 0.1) is 6.92 Å². The lowest BCUT2D eigenvalue weighted by Crippen LogP contribution is -2.21. The first-order chi connectivity index (χ1) is 12.9. The van der Waals surface area contributed by atoms with E-state index in [-0.39, 0.29) is 18.9 Å². The summed E-state index contributed by atoms with van der Waals surface area (Å²) in [6, 6.07) is 13.4. The van der Waals surface area contributed by atoms with Crippen molar-refractivity contribution in [1.82, 2.24) is 0 Å². The van der Waals surface area contributed by atoms with Crippen LogP contribution in [0.5, 0.6) is 0 Å². The van der Waals surface area contributed by atoms with E-state index in [1.54, 1.807) is 6.26 Å². The molecule has 0 fully saturated rings. The van der Waals surface area contributed by atoms with Crippen molar-refractivity contribution in [3.63, 3.8) is 0 Å². The van der Waals surface area contributed by atoms with E-state index in [1.807, 2.05) is 49.4 Å².